The zero-order valence-corrected chi connectivity index (χ0v) is 23.2. The molecule has 188 valence electrons. The van der Waals surface area contributed by atoms with Gasteiger partial charge in [-0.25, -0.2) is 4.98 Å². The van der Waals surface area contributed by atoms with Crippen LogP contribution in [0.4, 0.5) is 0 Å². The molecule has 2 heterocycles. The van der Waals surface area contributed by atoms with Crippen LogP contribution in [-0.2, 0) is 22.2 Å². The molecule has 1 aliphatic heterocycles. The number of fused-ring (bicyclic) bond motifs is 1. The molecule has 1 aromatic carbocycles. The lowest BCUT2D eigenvalue weighted by atomic mass is 9.78. The van der Waals surface area contributed by atoms with Gasteiger partial charge in [-0.15, -0.1) is 17.0 Å². The molecule has 1 aromatic heterocycles. The first-order chi connectivity index (χ1) is 15.6. The summed E-state index contributed by atoms with van der Waals surface area (Å²) in [5.41, 5.74) is 8.86. The summed E-state index contributed by atoms with van der Waals surface area (Å²) in [6, 6.07) is 7.17. The van der Waals surface area contributed by atoms with Crippen LogP contribution in [-0.4, -0.2) is 39.1 Å². The summed E-state index contributed by atoms with van der Waals surface area (Å²) < 4.78 is 0. The predicted octanol–water partition coefficient (Wildman–Crippen LogP) is 4.87. The van der Waals surface area contributed by atoms with Crippen LogP contribution in [0.25, 0.3) is 6.08 Å². The van der Waals surface area contributed by atoms with Crippen LogP contribution in [0.15, 0.2) is 29.8 Å². The Morgan fingerprint density at radius 3 is 2.14 bits per heavy atom. The van der Waals surface area contributed by atoms with Gasteiger partial charge < -0.3 is 15.7 Å². The largest absolute Gasteiger partial charge is 0.507 e. The number of aromatic hydroxyl groups is 1. The van der Waals surface area contributed by atoms with Crippen LogP contribution in [0.5, 0.6) is 5.75 Å². The molecule has 0 saturated carbocycles. The van der Waals surface area contributed by atoms with Crippen LogP contribution in [0.2, 0.25) is 0 Å². The summed E-state index contributed by atoms with van der Waals surface area (Å²) in [7, 11) is 0. The molecule has 35 heavy (non-hydrogen) atoms. The number of nitrogens with one attached hydrogen (secondary N) is 1. The van der Waals surface area contributed by atoms with Crippen LogP contribution in [0, 0.1) is 5.41 Å². The van der Waals surface area contributed by atoms with Crippen molar-refractivity contribution in [2.75, 3.05) is 6.54 Å². The van der Waals surface area contributed by atoms with Gasteiger partial charge in [0.1, 0.15) is 17.3 Å². The van der Waals surface area contributed by atoms with Gasteiger partial charge in [0.2, 0.25) is 5.91 Å². The smallest absolute Gasteiger partial charge is 0.244 e. The van der Waals surface area contributed by atoms with E-state index in [0.717, 1.165) is 16.7 Å². The number of benzene rings is 1. The molecule has 4 N–H and O–H groups in total. The second kappa shape index (κ2) is 9.93. The fourth-order valence-corrected chi connectivity index (χ4v) is 3.98. The number of rotatable bonds is 5. The summed E-state index contributed by atoms with van der Waals surface area (Å²) in [4.78, 5) is 30.9. The maximum absolute atomic E-state index is 13.4. The van der Waals surface area contributed by atoms with Gasteiger partial charge in [-0.05, 0) is 42.0 Å². The lowest BCUT2D eigenvalue weighted by Crippen LogP contribution is -2.31. The third-order valence-corrected chi connectivity index (χ3v) is 6.04. The van der Waals surface area contributed by atoms with Gasteiger partial charge in [-0.1, -0.05) is 47.6 Å². The Kier molecular flexibility index (Phi) is 8.01. The molecular formula is C27H35BrN4O3. The Bertz CT molecular complexity index is 1180. The molecule has 0 fully saturated rings. The van der Waals surface area contributed by atoms with Gasteiger partial charge >= 0.3 is 0 Å². The predicted molar refractivity (Wildman–Crippen MR) is 144 cm³/mol. The number of nitrogens with zero attached hydrogens (tertiary/aromatic N) is 2. The van der Waals surface area contributed by atoms with Gasteiger partial charge in [-0.3, -0.25) is 15.0 Å². The van der Waals surface area contributed by atoms with Crippen molar-refractivity contribution in [3.8, 4) is 5.75 Å². The van der Waals surface area contributed by atoms with E-state index in [2.05, 4.69) is 4.98 Å². The Labute approximate surface area is 217 Å². The van der Waals surface area contributed by atoms with Crippen LogP contribution >= 0.6 is 17.0 Å². The monoisotopic (exact) mass is 542 g/mol. The van der Waals surface area contributed by atoms with Crippen molar-refractivity contribution in [3.05, 3.63) is 63.5 Å². The van der Waals surface area contributed by atoms with Gasteiger partial charge in [0, 0.05) is 34.4 Å². The molecule has 3 rings (SSSR count). The molecule has 0 atom stereocenters. The number of hydrogen-bond acceptors (Lipinski definition) is 5. The molecule has 0 spiro atoms. The second-order valence-electron chi connectivity index (χ2n) is 11.0. The highest BCUT2D eigenvalue weighted by Crippen LogP contribution is 2.40. The minimum atomic E-state index is -0.525. The molecule has 0 saturated heterocycles. The van der Waals surface area contributed by atoms with E-state index >= 15 is 0 Å². The molecule has 0 unspecified atom stereocenters. The number of phenols is 1. The van der Waals surface area contributed by atoms with E-state index in [1.807, 2.05) is 47.6 Å². The van der Waals surface area contributed by atoms with E-state index in [9.17, 15) is 14.7 Å². The van der Waals surface area contributed by atoms with Crippen molar-refractivity contribution in [2.45, 2.75) is 65.8 Å². The van der Waals surface area contributed by atoms with Crippen molar-refractivity contribution >= 4 is 40.6 Å². The number of carbonyl (C=O) groups is 2. The number of Topliss-reactive ketones (excluding diaryl/α,β-unsaturated/α-hetero) is 1. The molecule has 8 heteroatoms. The van der Waals surface area contributed by atoms with Crippen LogP contribution in [0.3, 0.4) is 0 Å². The molecule has 2 aromatic rings. The first kappa shape index (κ1) is 28.2. The number of phenolic OH excluding ortho intramolecular Hbond substituents is 1. The lowest BCUT2D eigenvalue weighted by Gasteiger charge is -2.28. The number of amides is 1. The normalized spacial score (nSPS) is 14.0. The zero-order chi connectivity index (χ0) is 25.6. The topological polar surface area (TPSA) is 120 Å². The zero-order valence-electron chi connectivity index (χ0n) is 21.4. The molecular weight excluding hydrogens is 508 g/mol. The molecule has 0 bridgehead atoms. The molecule has 7 nitrogen and oxygen atoms in total. The van der Waals surface area contributed by atoms with Crippen LogP contribution < -0.4 is 5.73 Å². The maximum atomic E-state index is 13.4. The molecule has 1 amide bonds. The molecule has 0 radical (unpaired) electrons. The SMILES string of the molecule is Br.CC(=Cc1ccc2c(n1)C(=N)N(CC(=O)c1cc(C(C)(C)C)c(O)c(C(C)(C)C)c1)C2)C(N)=O. The molecule has 0 aliphatic carbocycles. The first-order valence-corrected chi connectivity index (χ1v) is 11.3. The van der Waals surface area contributed by atoms with Gasteiger partial charge in [0.25, 0.3) is 0 Å². The lowest BCUT2D eigenvalue weighted by molar-refractivity contribution is -0.114. The van der Waals surface area contributed by atoms with Gasteiger partial charge in [0.05, 0.1) is 12.2 Å². The minimum absolute atomic E-state index is 0. The minimum Gasteiger partial charge on any atom is -0.507 e. The Balaban J connectivity index is 0.00000432. The number of carbonyl (C=O) groups excluding carboxylic acids is 2. The van der Waals surface area contributed by atoms with E-state index in [4.69, 9.17) is 11.1 Å². The van der Waals surface area contributed by atoms with E-state index in [1.54, 1.807) is 36.1 Å². The number of hydrogen-bond donors (Lipinski definition) is 3. The number of pyridine rings is 1. The standard InChI is InChI=1S/C27H34N4O3.BrH/c1-15(25(29)34)10-18-9-8-16-13-31(24(28)22(16)30-18)14-21(32)17-11-19(26(2,3)4)23(33)20(12-17)27(5,6)7;/h8-12,28,33H,13-14H2,1-7H3,(H2,29,34);1H. The van der Waals surface area contributed by atoms with Gasteiger partial charge in [0.15, 0.2) is 5.78 Å². The number of amidine groups is 1. The molecule has 1 aliphatic rings. The average Bonchev–Trinajstić information content (AvgIpc) is 3.01. The summed E-state index contributed by atoms with van der Waals surface area (Å²) in [5, 5.41) is 19.5. The van der Waals surface area contributed by atoms with E-state index < -0.39 is 5.91 Å². The maximum Gasteiger partial charge on any atom is 0.244 e. The first-order valence-electron chi connectivity index (χ1n) is 11.3. The summed E-state index contributed by atoms with van der Waals surface area (Å²) >= 11 is 0. The van der Waals surface area contributed by atoms with Crippen molar-refractivity contribution in [3.63, 3.8) is 0 Å². The van der Waals surface area contributed by atoms with Gasteiger partial charge in [-0.2, -0.15) is 0 Å². The number of nitrogens with two attached hydrogens (primary N) is 1. The third kappa shape index (κ3) is 5.99. The van der Waals surface area contributed by atoms with E-state index in [1.165, 1.54) is 0 Å². The Morgan fingerprint density at radius 2 is 1.66 bits per heavy atom. The van der Waals surface area contributed by atoms with Crippen molar-refractivity contribution in [2.24, 2.45) is 5.73 Å². The Hall–Kier alpha value is -3.00. The fourth-order valence-electron chi connectivity index (χ4n) is 3.98. The van der Waals surface area contributed by atoms with Crippen LogP contribution in [0.1, 0.15) is 86.9 Å². The third-order valence-electron chi connectivity index (χ3n) is 6.04. The van der Waals surface area contributed by atoms with Crippen molar-refractivity contribution in [1.29, 1.82) is 5.41 Å². The highest BCUT2D eigenvalue weighted by atomic mass is 79.9. The summed E-state index contributed by atoms with van der Waals surface area (Å²) in [6.45, 7) is 14.1. The summed E-state index contributed by atoms with van der Waals surface area (Å²) in [5.74, 6) is -0.254. The quantitative estimate of drug-likeness (QED) is 0.367. The van der Waals surface area contributed by atoms with Crippen molar-refractivity contribution in [1.82, 2.24) is 9.88 Å². The second-order valence-corrected chi connectivity index (χ2v) is 11.0. The highest BCUT2D eigenvalue weighted by Gasteiger charge is 2.31. The Morgan fingerprint density at radius 1 is 1.11 bits per heavy atom. The number of halogens is 1. The summed E-state index contributed by atoms with van der Waals surface area (Å²) in [6.07, 6.45) is 1.59. The highest BCUT2D eigenvalue weighted by molar-refractivity contribution is 8.93. The van der Waals surface area contributed by atoms with Crippen molar-refractivity contribution < 1.29 is 14.7 Å². The number of aromatic nitrogens is 1. The van der Waals surface area contributed by atoms with E-state index in [-0.39, 0.29) is 51.7 Å². The number of primary amides is 1. The fraction of sp³-hybridized carbons (Fsp3) is 0.407. The average molecular weight is 544 g/mol. The van der Waals surface area contributed by atoms with E-state index in [0.29, 0.717) is 29.1 Å². The number of ketones is 1.